The molecule has 0 saturated carbocycles. The fraction of sp³-hybridized carbons (Fsp3) is 0.429. The lowest BCUT2D eigenvalue weighted by Gasteiger charge is -2.39. The van der Waals surface area contributed by atoms with E-state index in [-0.39, 0.29) is 17.6 Å². The smallest absolute Gasteiger partial charge is 0.407 e. The van der Waals surface area contributed by atoms with Crippen LogP contribution in [0.5, 0.6) is 5.75 Å². The summed E-state index contributed by atoms with van der Waals surface area (Å²) >= 11 is 0. The van der Waals surface area contributed by atoms with Crippen LogP contribution in [0.25, 0.3) is 10.9 Å². The summed E-state index contributed by atoms with van der Waals surface area (Å²) in [5.74, 6) is 0.723. The first-order valence-corrected chi connectivity index (χ1v) is 12.1. The van der Waals surface area contributed by atoms with Crippen LogP contribution in [0.1, 0.15) is 53.0 Å². The summed E-state index contributed by atoms with van der Waals surface area (Å²) in [6, 6.07) is 17.7. The molecule has 1 radical (unpaired) electrons. The van der Waals surface area contributed by atoms with Crippen LogP contribution in [-0.2, 0) is 16.0 Å². The van der Waals surface area contributed by atoms with E-state index in [9.17, 15) is 4.79 Å². The zero-order chi connectivity index (χ0) is 25.3. The molecule has 0 saturated heterocycles. The summed E-state index contributed by atoms with van der Waals surface area (Å²) in [5, 5.41) is 3.77. The summed E-state index contributed by atoms with van der Waals surface area (Å²) in [6.07, 6.45) is 2.93. The van der Waals surface area contributed by atoms with Gasteiger partial charge in [0.1, 0.15) is 12.4 Å². The van der Waals surface area contributed by atoms with Crippen LogP contribution >= 0.6 is 0 Å². The maximum atomic E-state index is 11.8. The van der Waals surface area contributed by atoms with E-state index in [2.05, 4.69) is 51.0 Å². The Balaban J connectivity index is 1.39. The van der Waals surface area contributed by atoms with Gasteiger partial charge in [-0.25, -0.2) is 4.79 Å². The quantitative estimate of drug-likeness (QED) is 0.297. The molecular formula is C28H36BN2O4. The lowest BCUT2D eigenvalue weighted by molar-refractivity contribution is 0.00504. The highest BCUT2D eigenvalue weighted by Gasteiger charge is 2.33. The molecule has 6 nitrogen and oxygen atoms in total. The number of fused-ring (bicyclic) bond motifs is 1. The minimum Gasteiger partial charge on any atom is -0.492 e. The van der Waals surface area contributed by atoms with Gasteiger partial charge in [-0.1, -0.05) is 68.7 Å². The molecule has 0 aliphatic carbocycles. The van der Waals surface area contributed by atoms with Crippen molar-refractivity contribution in [3.8, 4) is 5.75 Å². The third-order valence-corrected chi connectivity index (χ3v) is 6.30. The highest BCUT2D eigenvalue weighted by Crippen LogP contribution is 2.32. The van der Waals surface area contributed by atoms with Crippen LogP contribution < -0.4 is 15.5 Å². The van der Waals surface area contributed by atoms with Crippen LogP contribution in [0.15, 0.2) is 60.8 Å². The third-order valence-electron chi connectivity index (χ3n) is 6.30. The van der Waals surface area contributed by atoms with Crippen LogP contribution in [0.2, 0.25) is 0 Å². The molecule has 185 valence electrons. The second-order valence-electron chi connectivity index (χ2n) is 10.2. The number of benzene rings is 2. The molecule has 0 unspecified atom stereocenters. The van der Waals surface area contributed by atoms with Crippen molar-refractivity contribution < 1.29 is 18.9 Å². The molecule has 0 aliphatic rings. The molecule has 1 N–H and O–H groups in total. The van der Waals surface area contributed by atoms with Gasteiger partial charge >= 0.3 is 13.6 Å². The van der Waals surface area contributed by atoms with E-state index in [1.807, 2.05) is 56.0 Å². The number of nitrogens with zero attached hydrogens (tertiary/aromatic N) is 1. The maximum absolute atomic E-state index is 11.8. The predicted molar refractivity (Wildman–Crippen MR) is 141 cm³/mol. The van der Waals surface area contributed by atoms with Crippen molar-refractivity contribution in [2.45, 2.75) is 59.7 Å². The Bertz CT molecular complexity index is 1100. The topological polar surface area (TPSA) is 69.7 Å². The highest BCUT2D eigenvalue weighted by molar-refractivity contribution is 6.47. The number of hydrogen-bond acceptors (Lipinski definition) is 5. The van der Waals surface area contributed by atoms with Crippen molar-refractivity contribution >= 4 is 29.9 Å². The van der Waals surface area contributed by atoms with E-state index in [0.717, 1.165) is 40.5 Å². The normalized spacial score (nSPS) is 11.8. The Morgan fingerprint density at radius 1 is 1.00 bits per heavy atom. The number of pyridine rings is 1. The van der Waals surface area contributed by atoms with Crippen LogP contribution in [-0.4, -0.2) is 37.3 Å². The molecule has 3 rings (SSSR count). The largest absolute Gasteiger partial charge is 0.492 e. The van der Waals surface area contributed by atoms with Gasteiger partial charge in [0.2, 0.25) is 0 Å². The molecule has 0 aliphatic heterocycles. The Morgan fingerprint density at radius 2 is 1.77 bits per heavy atom. The Hall–Kier alpha value is -3.06. The number of nitrogens with one attached hydrogen (secondary N) is 1. The van der Waals surface area contributed by atoms with E-state index in [0.29, 0.717) is 13.2 Å². The average Bonchev–Trinajstić information content (AvgIpc) is 2.83. The van der Waals surface area contributed by atoms with Gasteiger partial charge < -0.3 is 19.4 Å². The van der Waals surface area contributed by atoms with Crippen molar-refractivity contribution in [2.75, 3.05) is 13.2 Å². The number of alkyl carbamates (subject to hydrolysis) is 1. The van der Waals surface area contributed by atoms with Crippen LogP contribution in [0.4, 0.5) is 4.79 Å². The molecule has 3 aromatic rings. The standard InChI is InChI=1S/C28H36BN2O4/c1-27(2,3)28(4,5)35-29-23-13-14-25-22(17-23)18-24(19-31-25)33-16-10-9-15-30-26(32)34-20-21-11-7-6-8-12-21/h6-8,11-14,17-19H,9-10,15-16,20H2,1-5H3,(H,30,32). The van der Waals surface area contributed by atoms with Gasteiger partial charge in [-0.3, -0.25) is 4.98 Å². The molecule has 0 atom stereocenters. The number of amides is 1. The van der Waals surface area contributed by atoms with E-state index >= 15 is 0 Å². The predicted octanol–water partition coefficient (Wildman–Crippen LogP) is 5.41. The molecule has 1 aromatic heterocycles. The number of rotatable bonds is 11. The summed E-state index contributed by atoms with van der Waals surface area (Å²) in [7, 11) is 1.82. The van der Waals surface area contributed by atoms with Gasteiger partial charge in [0.15, 0.2) is 0 Å². The number of carbonyl (C=O) groups is 1. The third kappa shape index (κ3) is 8.28. The summed E-state index contributed by atoms with van der Waals surface area (Å²) in [5.41, 5.74) is 2.58. The molecule has 0 spiro atoms. The Labute approximate surface area is 209 Å². The number of aromatic nitrogens is 1. The number of carbonyl (C=O) groups excluding carboxylic acids is 1. The summed E-state index contributed by atoms with van der Waals surface area (Å²) < 4.78 is 17.2. The molecule has 0 bridgehead atoms. The maximum Gasteiger partial charge on any atom is 0.407 e. The molecular weight excluding hydrogens is 439 g/mol. The number of unbranched alkanes of at least 4 members (excludes halogenated alkanes) is 1. The van der Waals surface area contributed by atoms with E-state index in [4.69, 9.17) is 14.1 Å². The first kappa shape index (κ1) is 26.5. The van der Waals surface area contributed by atoms with Crippen molar-refractivity contribution in [2.24, 2.45) is 5.41 Å². The second kappa shape index (κ2) is 12.1. The molecule has 1 amide bonds. The number of ether oxygens (including phenoxy) is 2. The molecule has 35 heavy (non-hydrogen) atoms. The van der Waals surface area contributed by atoms with Crippen molar-refractivity contribution in [3.05, 3.63) is 66.4 Å². The second-order valence-corrected chi connectivity index (χ2v) is 10.2. The lowest BCUT2D eigenvalue weighted by Crippen LogP contribution is -2.42. The summed E-state index contributed by atoms with van der Waals surface area (Å²) in [6.45, 7) is 12.1. The average molecular weight is 475 g/mol. The van der Waals surface area contributed by atoms with Gasteiger partial charge in [-0.2, -0.15) is 0 Å². The minimum absolute atomic E-state index is 0.0148. The number of hydrogen-bond donors (Lipinski definition) is 1. The summed E-state index contributed by atoms with van der Waals surface area (Å²) in [4.78, 5) is 16.3. The molecule has 1 heterocycles. The van der Waals surface area contributed by atoms with Crippen LogP contribution in [0, 0.1) is 5.41 Å². The van der Waals surface area contributed by atoms with Crippen LogP contribution in [0.3, 0.4) is 0 Å². The highest BCUT2D eigenvalue weighted by atomic mass is 16.5. The van der Waals surface area contributed by atoms with Gasteiger partial charge in [-0.05, 0) is 49.8 Å². The van der Waals surface area contributed by atoms with E-state index in [1.165, 1.54) is 0 Å². The zero-order valence-corrected chi connectivity index (χ0v) is 21.5. The Morgan fingerprint density at radius 3 is 2.51 bits per heavy atom. The van der Waals surface area contributed by atoms with Gasteiger partial charge in [0.25, 0.3) is 0 Å². The zero-order valence-electron chi connectivity index (χ0n) is 21.5. The van der Waals surface area contributed by atoms with Gasteiger partial charge in [-0.15, -0.1) is 0 Å². The molecule has 7 heteroatoms. The minimum atomic E-state index is -0.407. The van der Waals surface area contributed by atoms with Gasteiger partial charge in [0, 0.05) is 11.9 Å². The van der Waals surface area contributed by atoms with E-state index in [1.54, 1.807) is 6.20 Å². The van der Waals surface area contributed by atoms with Crippen molar-refractivity contribution in [1.29, 1.82) is 0 Å². The van der Waals surface area contributed by atoms with E-state index < -0.39 is 6.09 Å². The Kier molecular flexibility index (Phi) is 9.16. The monoisotopic (exact) mass is 475 g/mol. The molecule has 2 aromatic carbocycles. The SMILES string of the molecule is CC(C)(C)C(C)(C)O[B]c1ccc2ncc(OCCCCNC(=O)OCc3ccccc3)cc2c1. The van der Waals surface area contributed by atoms with Crippen molar-refractivity contribution in [1.82, 2.24) is 10.3 Å². The fourth-order valence-electron chi connectivity index (χ4n) is 3.06. The lowest BCUT2D eigenvalue weighted by atomic mass is 9.76. The molecule has 0 fully saturated rings. The van der Waals surface area contributed by atoms with Gasteiger partial charge in [0.05, 0.1) is 23.9 Å². The van der Waals surface area contributed by atoms with Crippen molar-refractivity contribution in [3.63, 3.8) is 0 Å². The first-order valence-electron chi connectivity index (χ1n) is 12.1. The fourth-order valence-corrected chi connectivity index (χ4v) is 3.06. The first-order chi connectivity index (χ1) is 16.6.